The summed E-state index contributed by atoms with van der Waals surface area (Å²) in [5.41, 5.74) is 14.4. The molecule has 234 valence electrons. The number of nitrogens with zero attached hydrogens (tertiary/aromatic N) is 2. The zero-order valence-electron chi connectivity index (χ0n) is 27.4. The molecule has 0 aliphatic rings. The first kappa shape index (κ1) is 28.4. The molecule has 10 aromatic rings. The van der Waals surface area contributed by atoms with E-state index in [1.54, 1.807) is 0 Å². The summed E-state index contributed by atoms with van der Waals surface area (Å²) in [7, 11) is 0. The Morgan fingerprint density at radius 1 is 0.280 bits per heavy atom. The second kappa shape index (κ2) is 11.5. The fourth-order valence-electron chi connectivity index (χ4n) is 8.05. The molecule has 0 spiro atoms. The van der Waals surface area contributed by atoms with Gasteiger partial charge >= 0.3 is 0 Å². The van der Waals surface area contributed by atoms with Crippen LogP contribution in [0.1, 0.15) is 0 Å². The van der Waals surface area contributed by atoms with Crippen molar-refractivity contribution in [2.75, 3.05) is 0 Å². The van der Waals surface area contributed by atoms with Crippen LogP contribution in [0, 0.1) is 0 Å². The van der Waals surface area contributed by atoms with E-state index in [4.69, 9.17) is 0 Å². The average molecular weight is 637 g/mol. The third-order valence-electron chi connectivity index (χ3n) is 10.1. The minimum Gasteiger partial charge on any atom is -0.309 e. The van der Waals surface area contributed by atoms with Gasteiger partial charge in [-0.3, -0.25) is 0 Å². The van der Waals surface area contributed by atoms with E-state index in [1.165, 1.54) is 82.7 Å². The molecule has 0 bridgehead atoms. The van der Waals surface area contributed by atoms with Crippen LogP contribution in [0.5, 0.6) is 0 Å². The van der Waals surface area contributed by atoms with Gasteiger partial charge in [-0.2, -0.15) is 0 Å². The van der Waals surface area contributed by atoms with Crippen molar-refractivity contribution < 1.29 is 0 Å². The minimum atomic E-state index is 1.16. The number of aromatic nitrogens is 2. The van der Waals surface area contributed by atoms with Crippen LogP contribution in [-0.2, 0) is 0 Å². The van der Waals surface area contributed by atoms with E-state index in [2.05, 4.69) is 203 Å². The molecule has 50 heavy (non-hydrogen) atoms. The molecule has 2 aromatic heterocycles. The topological polar surface area (TPSA) is 9.86 Å². The van der Waals surface area contributed by atoms with Gasteiger partial charge in [-0.25, -0.2) is 0 Å². The zero-order valence-corrected chi connectivity index (χ0v) is 27.4. The van der Waals surface area contributed by atoms with E-state index in [0.717, 1.165) is 5.69 Å². The second-order valence-electron chi connectivity index (χ2n) is 12.9. The van der Waals surface area contributed by atoms with Crippen LogP contribution >= 0.6 is 0 Å². The maximum absolute atomic E-state index is 2.51. The number of hydrogen-bond donors (Lipinski definition) is 0. The van der Waals surface area contributed by atoms with Crippen LogP contribution in [0.3, 0.4) is 0 Å². The lowest BCUT2D eigenvalue weighted by atomic mass is 9.95. The summed E-state index contributed by atoms with van der Waals surface area (Å²) in [5.74, 6) is 0. The molecule has 10 rings (SSSR count). The molecular weight excluding hydrogens is 605 g/mol. The Labute approximate surface area is 290 Å². The molecule has 0 unspecified atom stereocenters. The Kier molecular flexibility index (Phi) is 6.53. The van der Waals surface area contributed by atoms with Gasteiger partial charge in [-0.15, -0.1) is 0 Å². The summed E-state index contributed by atoms with van der Waals surface area (Å²) in [6.45, 7) is 0. The van der Waals surface area contributed by atoms with Crippen molar-refractivity contribution in [3.05, 3.63) is 194 Å². The predicted molar refractivity (Wildman–Crippen MR) is 211 cm³/mol. The van der Waals surface area contributed by atoms with Crippen molar-refractivity contribution in [1.82, 2.24) is 9.13 Å². The van der Waals surface area contributed by atoms with Crippen molar-refractivity contribution in [3.63, 3.8) is 0 Å². The first-order chi connectivity index (χ1) is 24.9. The molecule has 0 aliphatic carbocycles. The number of fused-ring (bicyclic) bond motifs is 6. The van der Waals surface area contributed by atoms with Gasteiger partial charge in [0, 0.05) is 43.9 Å². The molecule has 0 amide bonds. The molecule has 0 saturated carbocycles. The molecule has 0 fully saturated rings. The summed E-state index contributed by atoms with van der Waals surface area (Å²) in [6.07, 6.45) is 0. The van der Waals surface area contributed by atoms with Gasteiger partial charge in [0.15, 0.2) is 0 Å². The molecule has 0 N–H and O–H groups in total. The molecule has 2 nitrogen and oxygen atoms in total. The second-order valence-corrected chi connectivity index (χ2v) is 12.9. The molecule has 0 saturated heterocycles. The van der Waals surface area contributed by atoms with Gasteiger partial charge < -0.3 is 9.13 Å². The van der Waals surface area contributed by atoms with Crippen LogP contribution < -0.4 is 0 Å². The Morgan fingerprint density at radius 3 is 1.42 bits per heavy atom. The van der Waals surface area contributed by atoms with Gasteiger partial charge in [0.25, 0.3) is 0 Å². The van der Waals surface area contributed by atoms with Crippen LogP contribution in [0.2, 0.25) is 0 Å². The first-order valence-electron chi connectivity index (χ1n) is 17.2. The van der Waals surface area contributed by atoms with Crippen molar-refractivity contribution in [2.45, 2.75) is 0 Å². The Hall–Kier alpha value is -6.64. The first-order valence-corrected chi connectivity index (χ1v) is 17.2. The van der Waals surface area contributed by atoms with Crippen molar-refractivity contribution in [1.29, 1.82) is 0 Å². The van der Waals surface area contributed by atoms with E-state index in [9.17, 15) is 0 Å². The minimum absolute atomic E-state index is 1.16. The summed E-state index contributed by atoms with van der Waals surface area (Å²) < 4.78 is 4.95. The largest absolute Gasteiger partial charge is 0.309 e. The summed E-state index contributed by atoms with van der Waals surface area (Å²) >= 11 is 0. The Morgan fingerprint density at radius 2 is 0.740 bits per heavy atom. The Balaban J connectivity index is 1.35. The van der Waals surface area contributed by atoms with Crippen molar-refractivity contribution in [2.24, 2.45) is 0 Å². The monoisotopic (exact) mass is 636 g/mol. The summed E-state index contributed by atoms with van der Waals surface area (Å²) in [4.78, 5) is 0. The van der Waals surface area contributed by atoms with Crippen LogP contribution in [0.15, 0.2) is 194 Å². The molecular formula is C48H32N2. The smallest absolute Gasteiger partial charge is 0.0619 e. The third-order valence-corrected chi connectivity index (χ3v) is 10.1. The molecule has 2 heterocycles. The number of rotatable bonds is 5. The van der Waals surface area contributed by atoms with Gasteiger partial charge in [0.05, 0.1) is 27.8 Å². The average Bonchev–Trinajstić information content (AvgIpc) is 3.72. The van der Waals surface area contributed by atoms with Gasteiger partial charge in [-0.05, 0) is 47.0 Å². The summed E-state index contributed by atoms with van der Waals surface area (Å²) in [5, 5.41) is 5.00. The fraction of sp³-hybridized carbons (Fsp3) is 0. The highest BCUT2D eigenvalue weighted by molar-refractivity contribution is 6.21. The van der Waals surface area contributed by atoms with Crippen molar-refractivity contribution in [3.8, 4) is 44.8 Å². The molecule has 2 heteroatoms. The normalized spacial score (nSPS) is 11.6. The lowest BCUT2D eigenvalue weighted by Gasteiger charge is -2.19. The lowest BCUT2D eigenvalue weighted by Crippen LogP contribution is -2.00. The third kappa shape index (κ3) is 4.29. The van der Waals surface area contributed by atoms with E-state index < -0.39 is 0 Å². The number of hydrogen-bond acceptors (Lipinski definition) is 0. The maximum atomic E-state index is 2.51. The standard InChI is InChI=1S/C48H32N2/c1-4-17-33(18-5-1)36-25-14-26-37(34-19-6-2-7-20-34)47(36)50-44-31-13-11-24-42(44)46-39(27-16-32-45(46)50)41-29-15-28-40-38-23-10-12-30-43(38)49(48(40)41)35-21-8-3-9-22-35/h1-32H. The van der Waals surface area contributed by atoms with Crippen LogP contribution in [0.25, 0.3) is 88.4 Å². The molecule has 0 atom stereocenters. The maximum Gasteiger partial charge on any atom is 0.0619 e. The Bertz CT molecular complexity index is 2780. The van der Waals surface area contributed by atoms with Gasteiger partial charge in [0.2, 0.25) is 0 Å². The van der Waals surface area contributed by atoms with E-state index >= 15 is 0 Å². The molecule has 0 radical (unpaired) electrons. The molecule has 0 aliphatic heterocycles. The molecule has 8 aromatic carbocycles. The lowest BCUT2D eigenvalue weighted by molar-refractivity contribution is 1.18. The highest BCUT2D eigenvalue weighted by atomic mass is 15.0. The predicted octanol–water partition coefficient (Wildman–Crippen LogP) is 12.9. The van der Waals surface area contributed by atoms with Crippen LogP contribution in [-0.4, -0.2) is 9.13 Å². The number of benzene rings is 8. The highest BCUT2D eigenvalue weighted by Gasteiger charge is 2.23. The van der Waals surface area contributed by atoms with Gasteiger partial charge in [-0.1, -0.05) is 164 Å². The highest BCUT2D eigenvalue weighted by Crippen LogP contribution is 2.46. The zero-order chi connectivity index (χ0) is 33.0. The van der Waals surface area contributed by atoms with Crippen molar-refractivity contribution >= 4 is 43.6 Å². The van der Waals surface area contributed by atoms with E-state index in [-0.39, 0.29) is 0 Å². The van der Waals surface area contributed by atoms with Gasteiger partial charge in [0.1, 0.15) is 0 Å². The number of para-hydroxylation sites is 5. The van der Waals surface area contributed by atoms with Crippen LogP contribution in [0.4, 0.5) is 0 Å². The summed E-state index contributed by atoms with van der Waals surface area (Å²) in [6, 6.07) is 70.4. The van der Waals surface area contributed by atoms with E-state index in [1.807, 2.05) is 0 Å². The SMILES string of the molecule is c1ccc(-c2cccc(-c3ccccc3)c2-n2c3ccccc3c3c(-c4cccc5c6ccccc6n(-c6ccccc6)c45)cccc32)cc1. The fourth-order valence-corrected chi connectivity index (χ4v) is 8.05. The quantitative estimate of drug-likeness (QED) is 0.178. The van der Waals surface area contributed by atoms with E-state index in [0.29, 0.717) is 0 Å².